The van der Waals surface area contributed by atoms with Crippen LogP contribution in [0.3, 0.4) is 0 Å². The highest BCUT2D eigenvalue weighted by molar-refractivity contribution is 7.07. The van der Waals surface area contributed by atoms with Crippen LogP contribution in [0.1, 0.15) is 22.7 Å². The number of piperazine rings is 1. The van der Waals surface area contributed by atoms with E-state index in [1.165, 1.54) is 15.7 Å². The average Bonchev–Trinajstić information content (AvgIpc) is 3.39. The van der Waals surface area contributed by atoms with Crippen LogP contribution in [0.5, 0.6) is 0 Å². The van der Waals surface area contributed by atoms with Crippen LogP contribution in [-0.2, 0) is 4.79 Å². The molecule has 8 heteroatoms. The van der Waals surface area contributed by atoms with Gasteiger partial charge in [-0.05, 0) is 47.0 Å². The number of benzene rings is 4. The summed E-state index contributed by atoms with van der Waals surface area (Å²) in [4.78, 5) is 31.8. The topological polar surface area (TPSA) is 69.3 Å². The van der Waals surface area contributed by atoms with E-state index in [1.54, 1.807) is 35.2 Å². The number of rotatable bonds is 6. The maximum absolute atomic E-state index is 14.0. The zero-order valence-electron chi connectivity index (χ0n) is 23.8. The quantitative estimate of drug-likeness (QED) is 0.270. The Morgan fingerprint density at radius 3 is 1.89 bits per heavy atom. The van der Waals surface area contributed by atoms with Crippen molar-refractivity contribution in [3.05, 3.63) is 157 Å². The van der Waals surface area contributed by atoms with Crippen molar-refractivity contribution >= 4 is 40.5 Å². The Bertz CT molecular complexity index is 1940. The SMILES string of the molecule is N#C/C(C(=O)N1CCN(C(c2ccccc2)c2ccccc2)CC1)=c1/s/c(=C\c2ccc(Cl)cc2)c(=O)n1-c1ccccc1. The number of nitriles is 1. The molecule has 1 aliphatic heterocycles. The van der Waals surface area contributed by atoms with Gasteiger partial charge in [-0.25, -0.2) is 0 Å². The minimum absolute atomic E-state index is 0.0390. The van der Waals surface area contributed by atoms with Gasteiger partial charge in [0, 0.05) is 31.2 Å². The molecule has 5 aromatic rings. The molecule has 1 fully saturated rings. The van der Waals surface area contributed by atoms with Crippen molar-refractivity contribution in [3.8, 4) is 11.8 Å². The molecule has 0 atom stereocenters. The Labute approximate surface area is 264 Å². The Kier molecular flexibility index (Phi) is 8.85. The van der Waals surface area contributed by atoms with E-state index in [1.807, 2.05) is 66.7 Å². The predicted molar refractivity (Wildman–Crippen MR) is 176 cm³/mol. The van der Waals surface area contributed by atoms with Gasteiger partial charge in [0.1, 0.15) is 10.7 Å². The summed E-state index contributed by atoms with van der Waals surface area (Å²) in [7, 11) is 0. The van der Waals surface area contributed by atoms with Crippen molar-refractivity contribution < 1.29 is 4.79 Å². The van der Waals surface area contributed by atoms with Gasteiger partial charge in [0.15, 0.2) is 5.57 Å². The second kappa shape index (κ2) is 13.3. The molecule has 1 aromatic heterocycles. The minimum atomic E-state index is -0.368. The van der Waals surface area contributed by atoms with Crippen molar-refractivity contribution in [2.24, 2.45) is 0 Å². The number of thiazole rings is 1. The number of halogens is 1. The van der Waals surface area contributed by atoms with Gasteiger partial charge >= 0.3 is 0 Å². The van der Waals surface area contributed by atoms with Gasteiger partial charge in [0.2, 0.25) is 0 Å². The smallest absolute Gasteiger partial charge is 0.273 e. The highest BCUT2D eigenvalue weighted by Crippen LogP contribution is 2.29. The number of para-hydroxylation sites is 1. The number of carbonyl (C=O) groups is 1. The van der Waals surface area contributed by atoms with E-state index in [2.05, 4.69) is 35.2 Å². The fraction of sp³-hybridized carbons (Fsp3) is 0.139. The second-order valence-electron chi connectivity index (χ2n) is 10.5. The van der Waals surface area contributed by atoms with Gasteiger partial charge in [-0.1, -0.05) is 103 Å². The average molecular weight is 617 g/mol. The van der Waals surface area contributed by atoms with Gasteiger partial charge in [-0.3, -0.25) is 19.1 Å². The van der Waals surface area contributed by atoms with Crippen LogP contribution in [-0.4, -0.2) is 46.5 Å². The van der Waals surface area contributed by atoms with Gasteiger partial charge < -0.3 is 4.90 Å². The van der Waals surface area contributed by atoms with Gasteiger partial charge in [0.05, 0.1) is 16.3 Å². The van der Waals surface area contributed by atoms with E-state index in [9.17, 15) is 14.9 Å². The molecule has 6 rings (SSSR count). The van der Waals surface area contributed by atoms with Crippen LogP contribution in [0, 0.1) is 11.3 Å². The number of hydrogen-bond acceptors (Lipinski definition) is 5. The summed E-state index contributed by atoms with van der Waals surface area (Å²) in [6.45, 7) is 2.21. The Balaban J connectivity index is 1.35. The molecule has 2 heterocycles. The van der Waals surface area contributed by atoms with E-state index >= 15 is 0 Å². The van der Waals surface area contributed by atoms with Crippen molar-refractivity contribution in [2.45, 2.75) is 6.04 Å². The number of carbonyl (C=O) groups excluding carboxylic acids is 1. The van der Waals surface area contributed by atoms with Gasteiger partial charge in [-0.15, -0.1) is 11.3 Å². The lowest BCUT2D eigenvalue weighted by Crippen LogP contribution is -2.50. The summed E-state index contributed by atoms with van der Waals surface area (Å²) >= 11 is 7.20. The van der Waals surface area contributed by atoms with E-state index in [0.29, 0.717) is 46.1 Å². The third-order valence-electron chi connectivity index (χ3n) is 7.74. The molecule has 4 aromatic carbocycles. The normalized spacial score (nSPS) is 14.8. The van der Waals surface area contributed by atoms with Crippen LogP contribution >= 0.6 is 22.9 Å². The Morgan fingerprint density at radius 1 is 0.795 bits per heavy atom. The first kappa shape index (κ1) is 29.3. The summed E-state index contributed by atoms with van der Waals surface area (Å²) in [5.74, 6) is -0.368. The molecule has 0 bridgehead atoms. The van der Waals surface area contributed by atoms with Crippen LogP contribution in [0.15, 0.2) is 120 Å². The lowest BCUT2D eigenvalue weighted by Gasteiger charge is -2.39. The molecule has 0 unspecified atom stereocenters. The number of nitrogens with zero attached hydrogens (tertiary/aromatic N) is 4. The third-order valence-corrected chi connectivity index (χ3v) is 9.09. The van der Waals surface area contributed by atoms with E-state index in [-0.39, 0.29) is 23.1 Å². The summed E-state index contributed by atoms with van der Waals surface area (Å²) < 4.78 is 2.22. The molecular formula is C36H29ClN4O2S. The number of amides is 1. The van der Waals surface area contributed by atoms with Gasteiger partial charge in [-0.2, -0.15) is 5.26 Å². The van der Waals surface area contributed by atoms with Crippen LogP contribution in [0.4, 0.5) is 0 Å². The van der Waals surface area contributed by atoms with E-state index < -0.39 is 0 Å². The van der Waals surface area contributed by atoms with Crippen molar-refractivity contribution in [3.63, 3.8) is 0 Å². The summed E-state index contributed by atoms with van der Waals surface area (Å²) in [6.07, 6.45) is 1.76. The van der Waals surface area contributed by atoms with Gasteiger partial charge in [0.25, 0.3) is 11.5 Å². The van der Waals surface area contributed by atoms with Crippen LogP contribution in [0.25, 0.3) is 17.3 Å². The van der Waals surface area contributed by atoms with Crippen LogP contribution < -0.4 is 14.8 Å². The zero-order chi connectivity index (χ0) is 30.5. The zero-order valence-corrected chi connectivity index (χ0v) is 25.4. The molecule has 1 saturated heterocycles. The molecule has 44 heavy (non-hydrogen) atoms. The first-order valence-electron chi connectivity index (χ1n) is 14.4. The first-order chi connectivity index (χ1) is 21.5. The predicted octanol–water partition coefficient (Wildman–Crippen LogP) is 4.99. The van der Waals surface area contributed by atoms with Crippen LogP contribution in [0.2, 0.25) is 5.02 Å². The maximum Gasteiger partial charge on any atom is 0.273 e. The van der Waals surface area contributed by atoms with E-state index in [0.717, 1.165) is 16.9 Å². The number of aromatic nitrogens is 1. The number of hydrogen-bond donors (Lipinski definition) is 0. The highest BCUT2D eigenvalue weighted by Gasteiger charge is 2.30. The maximum atomic E-state index is 14.0. The second-order valence-corrected chi connectivity index (χ2v) is 11.9. The molecular weight excluding hydrogens is 588 g/mol. The fourth-order valence-electron chi connectivity index (χ4n) is 5.59. The molecule has 0 spiro atoms. The standard InChI is InChI=1S/C36H29ClN4O2S/c37-29-18-16-26(17-19-29)24-32-35(43)41(30-14-8-3-9-15-30)36(44-32)31(25-38)34(42)40-22-20-39(21-23-40)33(27-10-4-1-5-11-27)28-12-6-2-7-13-28/h1-19,24,33H,20-23H2/b32-24-,36-31-. The highest BCUT2D eigenvalue weighted by atomic mass is 35.5. The molecule has 218 valence electrons. The van der Waals surface area contributed by atoms with E-state index in [4.69, 9.17) is 11.6 Å². The summed E-state index contributed by atoms with van der Waals surface area (Å²) in [6, 6.07) is 39.2. The third kappa shape index (κ3) is 6.15. The Morgan fingerprint density at radius 2 is 1.34 bits per heavy atom. The summed E-state index contributed by atoms with van der Waals surface area (Å²) in [5.41, 5.74) is 3.45. The van der Waals surface area contributed by atoms with Crippen molar-refractivity contribution in [1.29, 1.82) is 5.26 Å². The first-order valence-corrected chi connectivity index (χ1v) is 15.5. The van der Waals surface area contributed by atoms with Crippen molar-refractivity contribution in [2.75, 3.05) is 26.2 Å². The Hall–Kier alpha value is -4.74. The largest absolute Gasteiger partial charge is 0.335 e. The fourth-order valence-corrected chi connectivity index (χ4v) is 6.81. The lowest BCUT2D eigenvalue weighted by molar-refractivity contribution is -0.126. The molecule has 0 N–H and O–H groups in total. The monoisotopic (exact) mass is 616 g/mol. The molecule has 0 radical (unpaired) electrons. The molecule has 1 amide bonds. The molecule has 6 nitrogen and oxygen atoms in total. The molecule has 0 saturated carbocycles. The summed E-state index contributed by atoms with van der Waals surface area (Å²) in [5, 5.41) is 10.9. The minimum Gasteiger partial charge on any atom is -0.335 e. The molecule has 1 aliphatic rings. The lowest BCUT2D eigenvalue weighted by atomic mass is 9.96. The van der Waals surface area contributed by atoms with Crippen molar-refractivity contribution in [1.82, 2.24) is 14.4 Å². The molecule has 0 aliphatic carbocycles.